The molecule has 0 spiro atoms. The minimum absolute atomic E-state index is 0.0950. The van der Waals surface area contributed by atoms with Gasteiger partial charge < -0.3 is 9.47 Å². The van der Waals surface area contributed by atoms with Crippen molar-refractivity contribution in [2.75, 3.05) is 13.2 Å². The van der Waals surface area contributed by atoms with Crippen LogP contribution >= 0.6 is 0 Å². The van der Waals surface area contributed by atoms with Crippen LogP contribution in [0.3, 0.4) is 0 Å². The lowest BCUT2D eigenvalue weighted by Gasteiger charge is -2.19. The molecule has 2 rings (SSSR count). The Morgan fingerprint density at radius 1 is 1.33 bits per heavy atom. The second-order valence-corrected chi connectivity index (χ2v) is 6.14. The largest absolute Gasteiger partial charge is 0.459 e. The van der Waals surface area contributed by atoms with Crippen molar-refractivity contribution >= 4 is 5.97 Å². The van der Waals surface area contributed by atoms with E-state index in [1.54, 1.807) is 0 Å². The first kappa shape index (κ1) is 13.1. The standard InChI is InChI=1S/C15H20O3/c1-14(2,3)12-7-5-11(6-8-12)13(16)17-9-15(4)10-18-15/h5-8H,9-10H2,1-4H3. The van der Waals surface area contributed by atoms with E-state index in [4.69, 9.17) is 9.47 Å². The molecule has 18 heavy (non-hydrogen) atoms. The Bertz CT molecular complexity index is 436. The highest BCUT2D eigenvalue weighted by Crippen LogP contribution is 2.26. The van der Waals surface area contributed by atoms with Crippen LogP contribution in [0.15, 0.2) is 24.3 Å². The van der Waals surface area contributed by atoms with Crippen molar-refractivity contribution < 1.29 is 14.3 Å². The van der Waals surface area contributed by atoms with Crippen LogP contribution < -0.4 is 0 Å². The summed E-state index contributed by atoms with van der Waals surface area (Å²) in [4.78, 5) is 11.8. The van der Waals surface area contributed by atoms with Crippen molar-refractivity contribution in [2.45, 2.75) is 38.7 Å². The smallest absolute Gasteiger partial charge is 0.338 e. The van der Waals surface area contributed by atoms with Crippen molar-refractivity contribution in [3.63, 3.8) is 0 Å². The van der Waals surface area contributed by atoms with Gasteiger partial charge in [-0.1, -0.05) is 32.9 Å². The molecule has 1 aliphatic heterocycles. The molecular formula is C15H20O3. The maximum atomic E-state index is 11.8. The number of esters is 1. The van der Waals surface area contributed by atoms with Gasteiger partial charge in [-0.2, -0.15) is 0 Å². The molecule has 1 aromatic carbocycles. The molecule has 0 saturated carbocycles. The molecule has 3 nitrogen and oxygen atoms in total. The number of carbonyl (C=O) groups excluding carboxylic acids is 1. The fourth-order valence-electron chi connectivity index (χ4n) is 1.61. The zero-order valence-corrected chi connectivity index (χ0v) is 11.4. The quantitative estimate of drug-likeness (QED) is 0.610. The Labute approximate surface area is 108 Å². The van der Waals surface area contributed by atoms with Crippen LogP contribution in [0.5, 0.6) is 0 Å². The molecule has 98 valence electrons. The molecule has 0 radical (unpaired) electrons. The van der Waals surface area contributed by atoms with E-state index in [9.17, 15) is 4.79 Å². The van der Waals surface area contributed by atoms with Gasteiger partial charge in [0.2, 0.25) is 0 Å². The molecule has 1 heterocycles. The normalized spacial score (nSPS) is 22.7. The summed E-state index contributed by atoms with van der Waals surface area (Å²) in [6.45, 7) is 9.36. The van der Waals surface area contributed by atoms with Crippen molar-refractivity contribution in [3.8, 4) is 0 Å². The van der Waals surface area contributed by atoms with Crippen LogP contribution in [0.2, 0.25) is 0 Å². The maximum absolute atomic E-state index is 11.8. The number of ether oxygens (including phenoxy) is 2. The Morgan fingerprint density at radius 3 is 2.33 bits per heavy atom. The summed E-state index contributed by atoms with van der Waals surface area (Å²) >= 11 is 0. The van der Waals surface area contributed by atoms with Gasteiger partial charge in [0.15, 0.2) is 0 Å². The molecule has 0 aromatic heterocycles. The molecule has 0 amide bonds. The predicted molar refractivity (Wildman–Crippen MR) is 69.8 cm³/mol. The second-order valence-electron chi connectivity index (χ2n) is 6.14. The number of benzene rings is 1. The van der Waals surface area contributed by atoms with Crippen LogP contribution in [-0.2, 0) is 14.9 Å². The molecule has 1 aromatic rings. The highest BCUT2D eigenvalue weighted by molar-refractivity contribution is 5.89. The van der Waals surface area contributed by atoms with E-state index in [0.29, 0.717) is 18.8 Å². The summed E-state index contributed by atoms with van der Waals surface area (Å²) in [5, 5.41) is 0. The van der Waals surface area contributed by atoms with Crippen molar-refractivity contribution in [1.29, 1.82) is 0 Å². The van der Waals surface area contributed by atoms with E-state index in [1.807, 2.05) is 31.2 Å². The fourth-order valence-corrected chi connectivity index (χ4v) is 1.61. The van der Waals surface area contributed by atoms with E-state index in [-0.39, 0.29) is 17.0 Å². The summed E-state index contributed by atoms with van der Waals surface area (Å²) in [5.74, 6) is -0.285. The summed E-state index contributed by atoms with van der Waals surface area (Å²) < 4.78 is 10.4. The molecular weight excluding hydrogens is 228 g/mol. The average Bonchev–Trinajstić information content (AvgIpc) is 3.04. The first-order valence-corrected chi connectivity index (χ1v) is 6.22. The van der Waals surface area contributed by atoms with Crippen LogP contribution in [0.25, 0.3) is 0 Å². The van der Waals surface area contributed by atoms with Crippen LogP contribution in [0.4, 0.5) is 0 Å². The van der Waals surface area contributed by atoms with Gasteiger partial charge >= 0.3 is 5.97 Å². The van der Waals surface area contributed by atoms with Gasteiger partial charge in [0.1, 0.15) is 12.2 Å². The molecule has 3 heteroatoms. The monoisotopic (exact) mass is 248 g/mol. The van der Waals surface area contributed by atoms with Crippen molar-refractivity contribution in [1.82, 2.24) is 0 Å². The third-order valence-corrected chi connectivity index (χ3v) is 3.13. The summed E-state index contributed by atoms with van der Waals surface area (Å²) in [5.41, 5.74) is 1.64. The first-order chi connectivity index (χ1) is 8.30. The third-order valence-electron chi connectivity index (χ3n) is 3.13. The number of epoxide rings is 1. The van der Waals surface area contributed by atoms with E-state index < -0.39 is 0 Å². The number of hydrogen-bond acceptors (Lipinski definition) is 3. The van der Waals surface area contributed by atoms with Gasteiger partial charge in [0.05, 0.1) is 12.2 Å². The third kappa shape index (κ3) is 3.10. The maximum Gasteiger partial charge on any atom is 0.338 e. The van der Waals surface area contributed by atoms with E-state index in [0.717, 1.165) is 0 Å². The van der Waals surface area contributed by atoms with Crippen LogP contribution in [0.1, 0.15) is 43.6 Å². The molecule has 0 aliphatic carbocycles. The van der Waals surface area contributed by atoms with Gasteiger partial charge in [0.25, 0.3) is 0 Å². The number of hydrogen-bond donors (Lipinski definition) is 0. The fraction of sp³-hybridized carbons (Fsp3) is 0.533. The van der Waals surface area contributed by atoms with Gasteiger partial charge in [0, 0.05) is 0 Å². The van der Waals surface area contributed by atoms with Crippen molar-refractivity contribution in [3.05, 3.63) is 35.4 Å². The minimum atomic E-state index is -0.285. The van der Waals surface area contributed by atoms with Gasteiger partial charge in [-0.05, 0) is 30.0 Å². The van der Waals surface area contributed by atoms with E-state index in [2.05, 4.69) is 20.8 Å². The lowest BCUT2D eigenvalue weighted by atomic mass is 9.87. The Morgan fingerprint density at radius 2 is 1.89 bits per heavy atom. The molecule has 1 atom stereocenters. The minimum Gasteiger partial charge on any atom is -0.459 e. The Kier molecular flexibility index (Phi) is 3.20. The zero-order chi connectivity index (χ0) is 13.4. The van der Waals surface area contributed by atoms with E-state index in [1.165, 1.54) is 5.56 Å². The molecule has 1 fully saturated rings. The lowest BCUT2D eigenvalue weighted by Crippen LogP contribution is -2.18. The van der Waals surface area contributed by atoms with E-state index >= 15 is 0 Å². The van der Waals surface area contributed by atoms with Crippen LogP contribution in [-0.4, -0.2) is 24.8 Å². The predicted octanol–water partition coefficient (Wildman–Crippen LogP) is 2.93. The summed E-state index contributed by atoms with van der Waals surface area (Å²) in [7, 11) is 0. The molecule has 0 bridgehead atoms. The summed E-state index contributed by atoms with van der Waals surface area (Å²) in [6, 6.07) is 7.59. The number of rotatable bonds is 3. The highest BCUT2D eigenvalue weighted by Gasteiger charge is 2.40. The highest BCUT2D eigenvalue weighted by atomic mass is 16.6. The van der Waals surface area contributed by atoms with Gasteiger partial charge in [-0.25, -0.2) is 4.79 Å². The van der Waals surface area contributed by atoms with Gasteiger partial charge in [-0.15, -0.1) is 0 Å². The number of carbonyl (C=O) groups is 1. The molecule has 1 saturated heterocycles. The second kappa shape index (κ2) is 4.39. The molecule has 0 N–H and O–H groups in total. The summed E-state index contributed by atoms with van der Waals surface area (Å²) in [6.07, 6.45) is 0. The SMILES string of the molecule is CC1(COC(=O)c2ccc(C(C)(C)C)cc2)CO1. The zero-order valence-electron chi connectivity index (χ0n) is 11.4. The van der Waals surface area contributed by atoms with Crippen molar-refractivity contribution in [2.24, 2.45) is 0 Å². The molecule has 1 aliphatic rings. The lowest BCUT2D eigenvalue weighted by molar-refractivity contribution is 0.0411. The van der Waals surface area contributed by atoms with Gasteiger partial charge in [-0.3, -0.25) is 0 Å². The Balaban J connectivity index is 1.98. The van der Waals surface area contributed by atoms with Crippen LogP contribution in [0, 0.1) is 0 Å². The average molecular weight is 248 g/mol. The Hall–Kier alpha value is -1.35. The topological polar surface area (TPSA) is 38.8 Å². The first-order valence-electron chi connectivity index (χ1n) is 6.22. The molecule has 1 unspecified atom stereocenters.